The van der Waals surface area contributed by atoms with Crippen LogP contribution in [0.1, 0.15) is 19.8 Å². The summed E-state index contributed by atoms with van der Waals surface area (Å²) in [6.45, 7) is 1.82. The standard InChI is InChI=1S/C5H10N2O3/c1-2-3-4(8)10-7-5(6)9/h2-3H2,1H3,(H3,6,7,9). The van der Waals surface area contributed by atoms with E-state index in [0.29, 0.717) is 6.42 Å². The van der Waals surface area contributed by atoms with Gasteiger partial charge in [0, 0.05) is 6.42 Å². The van der Waals surface area contributed by atoms with E-state index < -0.39 is 12.0 Å². The molecule has 58 valence electrons. The summed E-state index contributed by atoms with van der Waals surface area (Å²) in [5, 5.41) is 0. The van der Waals surface area contributed by atoms with E-state index in [2.05, 4.69) is 10.6 Å². The molecule has 0 unspecified atom stereocenters. The molecule has 0 rings (SSSR count). The second-order valence-electron chi connectivity index (χ2n) is 1.69. The maximum atomic E-state index is 10.5. The second-order valence-corrected chi connectivity index (χ2v) is 1.69. The number of amides is 2. The van der Waals surface area contributed by atoms with Crippen LogP contribution in [0.5, 0.6) is 0 Å². The Morgan fingerprint density at radius 1 is 1.60 bits per heavy atom. The van der Waals surface area contributed by atoms with Gasteiger partial charge in [-0.05, 0) is 6.42 Å². The van der Waals surface area contributed by atoms with E-state index >= 15 is 0 Å². The molecule has 0 aliphatic rings. The topological polar surface area (TPSA) is 81.4 Å². The monoisotopic (exact) mass is 146 g/mol. The average molecular weight is 146 g/mol. The van der Waals surface area contributed by atoms with Crippen molar-refractivity contribution in [2.75, 3.05) is 0 Å². The molecule has 5 heteroatoms. The number of hydrogen-bond donors (Lipinski definition) is 2. The van der Waals surface area contributed by atoms with E-state index in [0.717, 1.165) is 0 Å². The number of nitrogens with two attached hydrogens (primary N) is 1. The average Bonchev–Trinajstić information content (AvgIpc) is 1.85. The molecule has 0 heterocycles. The van der Waals surface area contributed by atoms with Crippen LogP contribution in [0.3, 0.4) is 0 Å². The Morgan fingerprint density at radius 2 is 2.20 bits per heavy atom. The predicted molar refractivity (Wildman–Crippen MR) is 33.7 cm³/mol. The lowest BCUT2D eigenvalue weighted by molar-refractivity contribution is -0.148. The maximum absolute atomic E-state index is 10.5. The largest absolute Gasteiger partial charge is 0.349 e. The minimum Gasteiger partial charge on any atom is -0.349 e. The number of hydroxylamine groups is 1. The summed E-state index contributed by atoms with van der Waals surface area (Å²) in [5.74, 6) is -0.485. The smallest absolute Gasteiger partial charge is 0.345 e. The molecule has 3 N–H and O–H groups in total. The van der Waals surface area contributed by atoms with Gasteiger partial charge in [-0.3, -0.25) is 0 Å². The van der Waals surface area contributed by atoms with Crippen molar-refractivity contribution < 1.29 is 14.4 Å². The van der Waals surface area contributed by atoms with E-state index in [-0.39, 0.29) is 6.42 Å². The number of carbonyl (C=O) groups is 2. The van der Waals surface area contributed by atoms with Crippen LogP contribution in [0.2, 0.25) is 0 Å². The van der Waals surface area contributed by atoms with Crippen LogP contribution >= 0.6 is 0 Å². The van der Waals surface area contributed by atoms with Gasteiger partial charge in [-0.2, -0.15) is 5.48 Å². The Balaban J connectivity index is 3.30. The van der Waals surface area contributed by atoms with Gasteiger partial charge in [-0.25, -0.2) is 9.59 Å². The first-order valence-corrected chi connectivity index (χ1v) is 2.92. The zero-order valence-corrected chi connectivity index (χ0v) is 5.72. The minimum atomic E-state index is -0.871. The van der Waals surface area contributed by atoms with Crippen LogP contribution < -0.4 is 11.2 Å². The zero-order valence-electron chi connectivity index (χ0n) is 5.72. The number of urea groups is 1. The Kier molecular flexibility index (Phi) is 4.02. The van der Waals surface area contributed by atoms with Crippen LogP contribution in [0.15, 0.2) is 0 Å². The molecule has 0 radical (unpaired) electrons. The highest BCUT2D eigenvalue weighted by atomic mass is 16.7. The molecule has 0 saturated carbocycles. The molecule has 2 amide bonds. The summed E-state index contributed by atoms with van der Waals surface area (Å²) in [5.41, 5.74) is 6.33. The number of nitrogens with one attached hydrogen (secondary N) is 1. The van der Waals surface area contributed by atoms with Crippen LogP contribution in [0.4, 0.5) is 4.79 Å². The van der Waals surface area contributed by atoms with Crippen molar-refractivity contribution in [2.45, 2.75) is 19.8 Å². The van der Waals surface area contributed by atoms with Gasteiger partial charge in [0.25, 0.3) is 0 Å². The molecule has 10 heavy (non-hydrogen) atoms. The molecule has 5 nitrogen and oxygen atoms in total. The highest BCUT2D eigenvalue weighted by Crippen LogP contribution is 1.87. The van der Waals surface area contributed by atoms with Gasteiger partial charge >= 0.3 is 12.0 Å². The van der Waals surface area contributed by atoms with E-state index in [1.807, 2.05) is 6.92 Å². The molecule has 0 atom stereocenters. The first kappa shape index (κ1) is 8.74. The van der Waals surface area contributed by atoms with Crippen molar-refractivity contribution in [2.24, 2.45) is 5.73 Å². The van der Waals surface area contributed by atoms with Gasteiger partial charge in [-0.15, -0.1) is 0 Å². The summed E-state index contributed by atoms with van der Waals surface area (Å²) < 4.78 is 0. The normalized spacial score (nSPS) is 8.50. The quantitative estimate of drug-likeness (QED) is 0.534. The van der Waals surface area contributed by atoms with Crippen LogP contribution in [0, 0.1) is 0 Å². The van der Waals surface area contributed by atoms with Gasteiger partial charge < -0.3 is 10.6 Å². The van der Waals surface area contributed by atoms with Crippen molar-refractivity contribution in [1.82, 2.24) is 5.48 Å². The Labute approximate surface area is 58.5 Å². The van der Waals surface area contributed by atoms with Crippen LogP contribution in [-0.4, -0.2) is 12.0 Å². The third kappa shape index (κ3) is 4.89. The van der Waals surface area contributed by atoms with Crippen molar-refractivity contribution in [3.63, 3.8) is 0 Å². The second kappa shape index (κ2) is 4.60. The fourth-order valence-corrected chi connectivity index (χ4v) is 0.362. The Hall–Kier alpha value is -1.26. The van der Waals surface area contributed by atoms with E-state index in [4.69, 9.17) is 0 Å². The Morgan fingerprint density at radius 3 is 2.60 bits per heavy atom. The number of carbonyl (C=O) groups excluding carboxylic acids is 2. The molecule has 0 saturated heterocycles. The zero-order chi connectivity index (χ0) is 7.98. The lowest BCUT2D eigenvalue weighted by atomic mass is 10.3. The van der Waals surface area contributed by atoms with E-state index in [1.54, 1.807) is 5.48 Å². The van der Waals surface area contributed by atoms with Gasteiger partial charge in [0.05, 0.1) is 0 Å². The highest BCUT2D eigenvalue weighted by Gasteiger charge is 2.00. The summed E-state index contributed by atoms with van der Waals surface area (Å²) in [4.78, 5) is 24.6. The molecule has 0 aromatic carbocycles. The van der Waals surface area contributed by atoms with Gasteiger partial charge in [0.2, 0.25) is 0 Å². The molecule has 0 spiro atoms. The number of primary amides is 1. The Bertz CT molecular complexity index is 135. The third-order valence-electron chi connectivity index (χ3n) is 0.720. The summed E-state index contributed by atoms with van der Waals surface area (Å²) in [7, 11) is 0. The van der Waals surface area contributed by atoms with Crippen molar-refractivity contribution in [3.8, 4) is 0 Å². The van der Waals surface area contributed by atoms with Crippen LogP contribution in [-0.2, 0) is 9.63 Å². The predicted octanol–water partition coefficient (Wildman–Crippen LogP) is -0.0870. The summed E-state index contributed by atoms with van der Waals surface area (Å²) in [6.07, 6.45) is 0.958. The fourth-order valence-electron chi connectivity index (χ4n) is 0.362. The maximum Gasteiger partial charge on any atom is 0.345 e. The highest BCUT2D eigenvalue weighted by molar-refractivity contribution is 5.74. The van der Waals surface area contributed by atoms with Crippen molar-refractivity contribution in [3.05, 3.63) is 0 Å². The summed E-state index contributed by atoms with van der Waals surface area (Å²) in [6, 6.07) is -0.871. The van der Waals surface area contributed by atoms with Gasteiger partial charge in [0.1, 0.15) is 0 Å². The van der Waals surface area contributed by atoms with Gasteiger partial charge in [0.15, 0.2) is 0 Å². The molecule has 0 fully saturated rings. The van der Waals surface area contributed by atoms with Gasteiger partial charge in [-0.1, -0.05) is 6.92 Å². The molecule has 0 aromatic heterocycles. The van der Waals surface area contributed by atoms with E-state index in [1.165, 1.54) is 0 Å². The summed E-state index contributed by atoms with van der Waals surface area (Å²) >= 11 is 0. The molecule has 0 aromatic rings. The molecule has 0 bridgehead atoms. The lowest BCUT2D eigenvalue weighted by Crippen LogP contribution is -2.31. The van der Waals surface area contributed by atoms with Crippen LogP contribution in [0.25, 0.3) is 0 Å². The first-order chi connectivity index (χ1) is 4.66. The minimum absolute atomic E-state index is 0.278. The number of rotatable bonds is 2. The molecular formula is C5H10N2O3. The fraction of sp³-hybridized carbons (Fsp3) is 0.600. The third-order valence-corrected chi connectivity index (χ3v) is 0.720. The SMILES string of the molecule is CCCC(=O)ONC(N)=O. The molecular weight excluding hydrogens is 136 g/mol. The molecule has 0 aliphatic carbocycles. The lowest BCUT2D eigenvalue weighted by Gasteiger charge is -1.99. The van der Waals surface area contributed by atoms with E-state index in [9.17, 15) is 9.59 Å². The first-order valence-electron chi connectivity index (χ1n) is 2.92. The molecule has 0 aliphatic heterocycles. The van der Waals surface area contributed by atoms with Crippen molar-refractivity contribution in [1.29, 1.82) is 0 Å². The van der Waals surface area contributed by atoms with Crippen molar-refractivity contribution >= 4 is 12.0 Å². The number of hydrogen-bond acceptors (Lipinski definition) is 3.